The first-order chi connectivity index (χ1) is 11.7. The van der Waals surface area contributed by atoms with Gasteiger partial charge in [0, 0.05) is 11.9 Å². The molecule has 0 saturated carbocycles. The van der Waals surface area contributed by atoms with Gasteiger partial charge in [-0.25, -0.2) is 10.2 Å². The Morgan fingerprint density at radius 2 is 2.20 bits per heavy atom. The van der Waals surface area contributed by atoms with Crippen molar-refractivity contribution in [2.45, 2.75) is 18.3 Å². The molecule has 2 aromatic heterocycles. The Labute approximate surface area is 142 Å². The number of hydrogen-bond acceptors (Lipinski definition) is 7. The monoisotopic (exact) mass is 375 g/mol. The molecule has 3 rings (SSSR count). The minimum absolute atomic E-state index is 0.0224. The van der Waals surface area contributed by atoms with Gasteiger partial charge in [-0.3, -0.25) is 4.98 Å². The molecule has 13 heteroatoms. The fraction of sp³-hybridized carbons (Fsp3) is 0.250. The van der Waals surface area contributed by atoms with E-state index in [9.17, 15) is 23.1 Å². The first kappa shape index (κ1) is 17.1. The molecule has 0 radical (unpaired) electrons. The number of hydrazine groups is 1. The van der Waals surface area contributed by atoms with Crippen LogP contribution in [0.25, 0.3) is 0 Å². The van der Waals surface area contributed by atoms with Crippen molar-refractivity contribution in [1.29, 1.82) is 0 Å². The number of halogens is 4. The van der Waals surface area contributed by atoms with Gasteiger partial charge in [0.1, 0.15) is 6.54 Å². The molecular formula is C12H9ClF3N7O2. The highest BCUT2D eigenvalue weighted by Gasteiger charge is 2.45. The van der Waals surface area contributed by atoms with E-state index < -0.39 is 23.5 Å². The standard InChI is InChI=1S/C12H9ClF3N7O2/c13-7-2-1-3-17-8(7)11(10(24)25)4-6(18-21-11)5-23-20-9(19-22-23)12(14,15)16/h1-4,18,21H,5H2,(H,24,25). The van der Waals surface area contributed by atoms with Gasteiger partial charge in [0.25, 0.3) is 5.82 Å². The average Bonchev–Trinajstić information content (AvgIpc) is 3.16. The Hall–Kier alpha value is -2.73. The largest absolute Gasteiger partial charge is 0.479 e. The van der Waals surface area contributed by atoms with Gasteiger partial charge >= 0.3 is 12.1 Å². The summed E-state index contributed by atoms with van der Waals surface area (Å²) in [4.78, 5) is 16.4. The Bertz CT molecular complexity index is 853. The van der Waals surface area contributed by atoms with Gasteiger partial charge in [0.05, 0.1) is 10.7 Å². The van der Waals surface area contributed by atoms with E-state index in [1.54, 1.807) is 0 Å². The van der Waals surface area contributed by atoms with Gasteiger partial charge in [-0.2, -0.15) is 18.0 Å². The molecule has 0 spiro atoms. The van der Waals surface area contributed by atoms with Gasteiger partial charge in [0.2, 0.25) is 0 Å². The third-order valence-electron chi connectivity index (χ3n) is 3.30. The van der Waals surface area contributed by atoms with Crippen molar-refractivity contribution in [3.05, 3.63) is 46.6 Å². The maximum absolute atomic E-state index is 12.5. The number of carboxylic acids is 1. The van der Waals surface area contributed by atoms with E-state index in [4.69, 9.17) is 11.6 Å². The fourth-order valence-corrected chi connectivity index (χ4v) is 2.46. The van der Waals surface area contributed by atoms with Gasteiger partial charge in [-0.05, 0) is 23.4 Å². The zero-order valence-electron chi connectivity index (χ0n) is 12.1. The SMILES string of the molecule is O=C(O)C1(c2ncccc2Cl)C=C(Cn2nnc(C(F)(F)F)n2)NN1. The summed E-state index contributed by atoms with van der Waals surface area (Å²) in [7, 11) is 0. The highest BCUT2D eigenvalue weighted by molar-refractivity contribution is 6.31. The number of nitrogens with zero attached hydrogens (tertiary/aromatic N) is 5. The predicted octanol–water partition coefficient (Wildman–Crippen LogP) is 0.712. The van der Waals surface area contributed by atoms with E-state index in [1.807, 2.05) is 0 Å². The first-order valence-corrected chi connectivity index (χ1v) is 7.04. The molecule has 9 nitrogen and oxygen atoms in total. The number of hydrogen-bond donors (Lipinski definition) is 3. The van der Waals surface area contributed by atoms with Crippen LogP contribution in [0.5, 0.6) is 0 Å². The molecule has 1 atom stereocenters. The van der Waals surface area contributed by atoms with Crippen molar-refractivity contribution in [1.82, 2.24) is 36.0 Å². The van der Waals surface area contributed by atoms with E-state index in [1.165, 1.54) is 24.4 Å². The number of allylic oxidation sites excluding steroid dienone is 1. The summed E-state index contributed by atoms with van der Waals surface area (Å²) in [6.07, 6.45) is -2.12. The second kappa shape index (κ2) is 5.97. The van der Waals surface area contributed by atoms with Crippen LogP contribution in [0.4, 0.5) is 13.2 Å². The summed E-state index contributed by atoms with van der Waals surface area (Å²) in [5.74, 6) is -2.70. The maximum atomic E-state index is 12.5. The summed E-state index contributed by atoms with van der Waals surface area (Å²) in [6, 6.07) is 3.00. The van der Waals surface area contributed by atoms with Crippen LogP contribution in [-0.4, -0.2) is 36.3 Å². The van der Waals surface area contributed by atoms with Gasteiger partial charge in [0.15, 0.2) is 5.54 Å². The van der Waals surface area contributed by atoms with Crippen LogP contribution in [0.3, 0.4) is 0 Å². The highest BCUT2D eigenvalue weighted by Crippen LogP contribution is 2.31. The second-order valence-electron chi connectivity index (χ2n) is 5.01. The fourth-order valence-electron chi connectivity index (χ4n) is 2.19. The second-order valence-corrected chi connectivity index (χ2v) is 5.41. The van der Waals surface area contributed by atoms with E-state index in [-0.39, 0.29) is 23.0 Å². The van der Waals surface area contributed by atoms with E-state index in [0.717, 1.165) is 0 Å². The number of aliphatic carboxylic acids is 1. The van der Waals surface area contributed by atoms with E-state index in [0.29, 0.717) is 4.80 Å². The smallest absolute Gasteiger partial charge is 0.455 e. The molecule has 0 amide bonds. The number of tetrazole rings is 1. The number of alkyl halides is 3. The van der Waals surface area contributed by atoms with Crippen molar-refractivity contribution >= 4 is 17.6 Å². The third-order valence-corrected chi connectivity index (χ3v) is 3.60. The van der Waals surface area contributed by atoms with Crippen LogP contribution in [0.1, 0.15) is 11.5 Å². The Kier molecular flexibility index (Phi) is 4.08. The van der Waals surface area contributed by atoms with Gasteiger partial charge < -0.3 is 10.5 Å². The molecular weight excluding hydrogens is 367 g/mol. The minimum Gasteiger partial charge on any atom is -0.479 e. The average molecular weight is 376 g/mol. The van der Waals surface area contributed by atoms with Crippen molar-refractivity contribution < 1.29 is 23.1 Å². The van der Waals surface area contributed by atoms with Gasteiger partial charge in [-0.15, -0.1) is 10.2 Å². The number of pyridine rings is 1. The Morgan fingerprint density at radius 1 is 1.44 bits per heavy atom. The van der Waals surface area contributed by atoms with Crippen LogP contribution in [0, 0.1) is 0 Å². The lowest BCUT2D eigenvalue weighted by Gasteiger charge is -2.22. The summed E-state index contributed by atoms with van der Waals surface area (Å²) < 4.78 is 37.5. The van der Waals surface area contributed by atoms with Crippen LogP contribution in [-0.2, 0) is 23.1 Å². The molecule has 1 aliphatic rings. The van der Waals surface area contributed by atoms with Crippen LogP contribution in [0.15, 0.2) is 30.1 Å². The molecule has 0 saturated heterocycles. The van der Waals surface area contributed by atoms with Crippen molar-refractivity contribution in [3.63, 3.8) is 0 Å². The molecule has 1 aliphatic heterocycles. The molecule has 3 N–H and O–H groups in total. The Morgan fingerprint density at radius 3 is 2.80 bits per heavy atom. The normalized spacial score (nSPS) is 20.2. The van der Waals surface area contributed by atoms with Crippen LogP contribution >= 0.6 is 11.6 Å². The molecule has 3 heterocycles. The number of carbonyl (C=O) groups is 1. The minimum atomic E-state index is -4.72. The van der Waals surface area contributed by atoms with E-state index in [2.05, 4.69) is 31.2 Å². The number of rotatable bonds is 4. The van der Waals surface area contributed by atoms with Crippen molar-refractivity contribution in [2.24, 2.45) is 0 Å². The molecule has 0 bridgehead atoms. The molecule has 132 valence electrons. The molecule has 0 aromatic carbocycles. The summed E-state index contributed by atoms with van der Waals surface area (Å²) >= 11 is 6.01. The predicted molar refractivity (Wildman–Crippen MR) is 75.7 cm³/mol. The summed E-state index contributed by atoms with van der Waals surface area (Å²) in [6.45, 7) is -0.268. The van der Waals surface area contributed by atoms with Crippen LogP contribution < -0.4 is 10.9 Å². The Balaban J connectivity index is 1.91. The van der Waals surface area contributed by atoms with E-state index >= 15 is 0 Å². The summed E-state index contributed by atoms with van der Waals surface area (Å²) in [5.41, 5.74) is 3.54. The zero-order valence-corrected chi connectivity index (χ0v) is 12.9. The number of carboxylic acid groups (broad SMARTS) is 1. The molecule has 0 aliphatic carbocycles. The first-order valence-electron chi connectivity index (χ1n) is 6.67. The zero-order chi connectivity index (χ0) is 18.2. The van der Waals surface area contributed by atoms with Crippen molar-refractivity contribution in [2.75, 3.05) is 0 Å². The lowest BCUT2D eigenvalue weighted by Crippen LogP contribution is -2.49. The topological polar surface area (TPSA) is 118 Å². The lowest BCUT2D eigenvalue weighted by atomic mass is 9.95. The van der Waals surface area contributed by atoms with Crippen molar-refractivity contribution in [3.8, 4) is 0 Å². The number of nitrogens with one attached hydrogen (secondary N) is 2. The lowest BCUT2D eigenvalue weighted by molar-refractivity contribution is -0.145. The number of aromatic nitrogens is 5. The molecule has 0 fully saturated rings. The van der Waals surface area contributed by atoms with Gasteiger partial charge in [-0.1, -0.05) is 11.6 Å². The molecule has 2 aromatic rings. The molecule has 1 unspecified atom stereocenters. The van der Waals surface area contributed by atoms with Crippen LogP contribution in [0.2, 0.25) is 5.02 Å². The third kappa shape index (κ3) is 3.13. The quantitative estimate of drug-likeness (QED) is 0.715. The molecule has 25 heavy (non-hydrogen) atoms. The maximum Gasteiger partial charge on any atom is 0.455 e. The summed E-state index contributed by atoms with van der Waals surface area (Å²) in [5, 5.41) is 19.1. The highest BCUT2D eigenvalue weighted by atomic mass is 35.5.